The second kappa shape index (κ2) is 5.55. The van der Waals surface area contributed by atoms with Crippen molar-refractivity contribution >= 4 is 11.8 Å². The van der Waals surface area contributed by atoms with E-state index in [1.54, 1.807) is 13.0 Å². The number of nitrogens with zero attached hydrogens (tertiary/aromatic N) is 1. The van der Waals surface area contributed by atoms with Crippen LogP contribution >= 0.6 is 0 Å². The number of amides is 2. The van der Waals surface area contributed by atoms with E-state index in [0.29, 0.717) is 12.8 Å². The molecule has 0 aromatic carbocycles. The smallest absolute Gasteiger partial charge is 0.235 e. The Morgan fingerprint density at radius 2 is 2.00 bits per heavy atom. The second-order valence-corrected chi connectivity index (χ2v) is 5.82. The number of imide groups is 1. The van der Waals surface area contributed by atoms with Crippen LogP contribution in [-0.4, -0.2) is 22.3 Å². The van der Waals surface area contributed by atoms with E-state index in [1.807, 2.05) is 45.1 Å². The summed E-state index contributed by atoms with van der Waals surface area (Å²) in [5.41, 5.74) is -1.33. The second-order valence-electron chi connectivity index (χ2n) is 5.82. The van der Waals surface area contributed by atoms with Crippen molar-refractivity contribution in [2.45, 2.75) is 46.1 Å². The van der Waals surface area contributed by atoms with E-state index < -0.39 is 11.0 Å². The van der Waals surface area contributed by atoms with Crippen molar-refractivity contribution in [1.29, 1.82) is 0 Å². The van der Waals surface area contributed by atoms with Crippen molar-refractivity contribution < 1.29 is 9.59 Å². The summed E-state index contributed by atoms with van der Waals surface area (Å²) in [6.45, 7) is 11.1. The van der Waals surface area contributed by atoms with Crippen LogP contribution in [0.25, 0.3) is 0 Å². The number of allylic oxidation sites excluding steroid dienone is 2. The Bertz CT molecular complexity index is 440. The molecule has 0 unspecified atom stereocenters. The minimum absolute atomic E-state index is 0.167. The first kappa shape index (κ1) is 15.4. The van der Waals surface area contributed by atoms with Gasteiger partial charge < -0.3 is 0 Å². The fourth-order valence-corrected chi connectivity index (χ4v) is 2.06. The third kappa shape index (κ3) is 3.03. The van der Waals surface area contributed by atoms with Gasteiger partial charge in [-0.25, -0.2) is 0 Å². The van der Waals surface area contributed by atoms with E-state index in [1.165, 1.54) is 4.90 Å². The summed E-state index contributed by atoms with van der Waals surface area (Å²) in [6, 6.07) is 0. The molecule has 1 aliphatic carbocycles. The molecule has 0 radical (unpaired) electrons. The van der Waals surface area contributed by atoms with Crippen molar-refractivity contribution in [3.63, 3.8) is 0 Å². The van der Waals surface area contributed by atoms with Crippen LogP contribution in [-0.2, 0) is 9.59 Å². The highest BCUT2D eigenvalue weighted by molar-refractivity contribution is 5.99. The van der Waals surface area contributed by atoms with Crippen molar-refractivity contribution in [2.75, 3.05) is 0 Å². The highest BCUT2D eigenvalue weighted by Gasteiger charge is 2.42. The van der Waals surface area contributed by atoms with Gasteiger partial charge in [0.1, 0.15) is 0 Å². The molecule has 0 spiro atoms. The number of rotatable bonds is 3. The molecule has 19 heavy (non-hydrogen) atoms. The quantitative estimate of drug-likeness (QED) is 0.731. The summed E-state index contributed by atoms with van der Waals surface area (Å²) >= 11 is 0. The zero-order chi connectivity index (χ0) is 14.7. The molecular formula is C16H23NO2. The van der Waals surface area contributed by atoms with Gasteiger partial charge in [-0.15, -0.1) is 6.58 Å². The fraction of sp³-hybridized carbons (Fsp3) is 0.500. The number of carbonyl (C=O) groups is 2. The van der Waals surface area contributed by atoms with Crippen LogP contribution in [0.5, 0.6) is 0 Å². The third-order valence-corrected chi connectivity index (χ3v) is 3.24. The summed E-state index contributed by atoms with van der Waals surface area (Å²) < 4.78 is 0. The Kier molecular flexibility index (Phi) is 4.51. The molecule has 0 aliphatic heterocycles. The van der Waals surface area contributed by atoms with Crippen LogP contribution in [0, 0.1) is 5.41 Å². The lowest BCUT2D eigenvalue weighted by Gasteiger charge is -2.41. The largest absolute Gasteiger partial charge is 0.274 e. The Morgan fingerprint density at radius 3 is 2.37 bits per heavy atom. The van der Waals surface area contributed by atoms with E-state index in [-0.39, 0.29) is 11.8 Å². The SMILES string of the molecule is C=C[C@]1(N(C(=O)CC)C(=O)C(C)(C)C)C=CC=CC1. The van der Waals surface area contributed by atoms with Gasteiger partial charge in [-0.3, -0.25) is 14.5 Å². The molecule has 0 saturated carbocycles. The van der Waals surface area contributed by atoms with E-state index in [2.05, 4.69) is 6.58 Å². The fourth-order valence-electron chi connectivity index (χ4n) is 2.06. The van der Waals surface area contributed by atoms with Crippen molar-refractivity contribution in [2.24, 2.45) is 5.41 Å². The zero-order valence-electron chi connectivity index (χ0n) is 12.3. The molecule has 3 nitrogen and oxygen atoms in total. The maximum Gasteiger partial charge on any atom is 0.235 e. The average molecular weight is 261 g/mol. The summed E-state index contributed by atoms with van der Waals surface area (Å²) in [7, 11) is 0. The van der Waals surface area contributed by atoms with Gasteiger partial charge in [-0.1, -0.05) is 58.1 Å². The molecule has 0 saturated heterocycles. The molecule has 3 heteroatoms. The molecule has 0 N–H and O–H groups in total. The van der Waals surface area contributed by atoms with Gasteiger partial charge >= 0.3 is 0 Å². The van der Waals surface area contributed by atoms with Crippen LogP contribution in [0.4, 0.5) is 0 Å². The van der Waals surface area contributed by atoms with Gasteiger partial charge in [0.2, 0.25) is 11.8 Å². The molecule has 0 aromatic rings. The monoisotopic (exact) mass is 261 g/mol. The third-order valence-electron chi connectivity index (χ3n) is 3.24. The molecule has 1 aliphatic rings. The average Bonchev–Trinajstić information content (AvgIpc) is 2.38. The van der Waals surface area contributed by atoms with E-state index in [9.17, 15) is 9.59 Å². The summed E-state index contributed by atoms with van der Waals surface area (Å²) in [5.74, 6) is -0.334. The van der Waals surface area contributed by atoms with E-state index in [4.69, 9.17) is 0 Å². The van der Waals surface area contributed by atoms with Gasteiger partial charge in [-0.2, -0.15) is 0 Å². The standard InChI is InChI=1S/C16H23NO2/c1-6-13(18)17(14(19)15(3,4)5)16(7-2)11-9-8-10-12-16/h7-11H,2,6,12H2,1,3-5H3/t16-/m0/s1. The Morgan fingerprint density at radius 1 is 1.37 bits per heavy atom. The summed E-state index contributed by atoms with van der Waals surface area (Å²) in [5, 5.41) is 0. The molecule has 104 valence electrons. The molecule has 1 rings (SSSR count). The van der Waals surface area contributed by atoms with Gasteiger partial charge in [-0.05, 0) is 6.42 Å². The number of hydrogen-bond donors (Lipinski definition) is 0. The Hall–Kier alpha value is -1.64. The van der Waals surface area contributed by atoms with Gasteiger partial charge in [0, 0.05) is 11.8 Å². The summed E-state index contributed by atoms with van der Waals surface area (Å²) in [6.07, 6.45) is 10.2. The predicted octanol–water partition coefficient (Wildman–Crippen LogP) is 3.24. The molecule has 1 atom stereocenters. The predicted molar refractivity (Wildman–Crippen MR) is 77.4 cm³/mol. The van der Waals surface area contributed by atoms with Crippen LogP contribution in [0.2, 0.25) is 0 Å². The van der Waals surface area contributed by atoms with Gasteiger partial charge in [0.25, 0.3) is 0 Å². The molecule has 2 amide bonds. The Labute approximate surface area is 115 Å². The molecular weight excluding hydrogens is 238 g/mol. The minimum Gasteiger partial charge on any atom is -0.274 e. The Balaban J connectivity index is 3.28. The van der Waals surface area contributed by atoms with Crippen molar-refractivity contribution in [1.82, 2.24) is 4.90 Å². The van der Waals surface area contributed by atoms with Gasteiger partial charge in [0.15, 0.2) is 0 Å². The molecule has 0 fully saturated rings. The lowest BCUT2D eigenvalue weighted by Crippen LogP contribution is -2.55. The molecule has 0 heterocycles. The van der Waals surface area contributed by atoms with Crippen LogP contribution < -0.4 is 0 Å². The first-order chi connectivity index (χ1) is 8.78. The van der Waals surface area contributed by atoms with E-state index >= 15 is 0 Å². The normalized spacial score (nSPS) is 22.1. The van der Waals surface area contributed by atoms with Crippen LogP contribution in [0.15, 0.2) is 37.0 Å². The van der Waals surface area contributed by atoms with Crippen LogP contribution in [0.3, 0.4) is 0 Å². The highest BCUT2D eigenvalue weighted by atomic mass is 16.2. The van der Waals surface area contributed by atoms with Crippen molar-refractivity contribution in [3.05, 3.63) is 37.0 Å². The number of carbonyl (C=O) groups excluding carboxylic acids is 2. The van der Waals surface area contributed by atoms with Crippen molar-refractivity contribution in [3.8, 4) is 0 Å². The molecule has 0 bridgehead atoms. The first-order valence-corrected chi connectivity index (χ1v) is 6.64. The maximum absolute atomic E-state index is 12.6. The molecule has 0 aromatic heterocycles. The minimum atomic E-state index is -0.730. The van der Waals surface area contributed by atoms with Crippen LogP contribution in [0.1, 0.15) is 40.5 Å². The number of hydrogen-bond acceptors (Lipinski definition) is 2. The highest BCUT2D eigenvalue weighted by Crippen LogP contribution is 2.32. The lowest BCUT2D eigenvalue weighted by molar-refractivity contribution is -0.154. The lowest BCUT2D eigenvalue weighted by atomic mass is 9.85. The van der Waals surface area contributed by atoms with E-state index in [0.717, 1.165) is 0 Å². The topological polar surface area (TPSA) is 37.4 Å². The maximum atomic E-state index is 12.6. The van der Waals surface area contributed by atoms with Gasteiger partial charge in [0.05, 0.1) is 5.54 Å². The zero-order valence-corrected chi connectivity index (χ0v) is 12.3. The first-order valence-electron chi connectivity index (χ1n) is 6.64. The summed E-state index contributed by atoms with van der Waals surface area (Å²) in [4.78, 5) is 26.3.